The van der Waals surface area contributed by atoms with Gasteiger partial charge in [0.2, 0.25) is 0 Å². The van der Waals surface area contributed by atoms with Gasteiger partial charge in [-0.1, -0.05) is 13.8 Å². The fraction of sp³-hybridized carbons (Fsp3) is 0.750. The first-order valence-corrected chi connectivity index (χ1v) is 3.48. The van der Waals surface area contributed by atoms with E-state index >= 15 is 0 Å². The Morgan fingerprint density at radius 2 is 2.22 bits per heavy atom. The molecule has 0 bridgehead atoms. The van der Waals surface area contributed by atoms with Crippen LogP contribution in [0.2, 0.25) is 0 Å². The molecule has 0 saturated carbocycles. The van der Waals surface area contributed by atoms with Gasteiger partial charge in [-0.15, -0.1) is 0 Å². The molecule has 0 fully saturated rings. The van der Waals surface area contributed by atoms with E-state index in [1.807, 2.05) is 0 Å². The Morgan fingerprint density at radius 3 is 2.44 bits per heavy atom. The Hall–Kier alpha value is -0.460. The molecule has 1 heteroatoms. The van der Waals surface area contributed by atoms with Crippen LogP contribution in [0, 0.1) is 5.92 Å². The zero-order chi connectivity index (χ0) is 6.91. The Bertz CT molecular complexity index is 117. The Labute approximate surface area is 56.7 Å². The van der Waals surface area contributed by atoms with Gasteiger partial charge >= 0.3 is 0 Å². The minimum atomic E-state index is 0.0833. The first-order valence-electron chi connectivity index (χ1n) is 3.48. The van der Waals surface area contributed by atoms with Crippen molar-refractivity contribution in [1.82, 2.24) is 0 Å². The van der Waals surface area contributed by atoms with Crippen molar-refractivity contribution >= 4 is 0 Å². The van der Waals surface area contributed by atoms with Crippen LogP contribution < -0.4 is 0 Å². The first kappa shape index (κ1) is 6.66. The second kappa shape index (κ2) is 2.05. The van der Waals surface area contributed by atoms with Crippen LogP contribution in [0.4, 0.5) is 0 Å². The smallest absolute Gasteiger partial charge is 0.111 e. The third-order valence-corrected chi connectivity index (χ3v) is 2.18. The SMILES string of the molecule is CC(C)[C@@]1(C)CC=CO1. The molecule has 0 aromatic rings. The van der Waals surface area contributed by atoms with E-state index in [-0.39, 0.29) is 5.60 Å². The van der Waals surface area contributed by atoms with Crippen LogP contribution in [0.1, 0.15) is 27.2 Å². The fourth-order valence-electron chi connectivity index (χ4n) is 0.906. The van der Waals surface area contributed by atoms with Crippen molar-refractivity contribution in [2.24, 2.45) is 5.92 Å². The van der Waals surface area contributed by atoms with E-state index in [0.29, 0.717) is 5.92 Å². The van der Waals surface area contributed by atoms with Crippen LogP contribution in [-0.4, -0.2) is 5.60 Å². The zero-order valence-corrected chi connectivity index (χ0v) is 6.35. The molecule has 1 nitrogen and oxygen atoms in total. The molecule has 0 amide bonds. The lowest BCUT2D eigenvalue weighted by molar-refractivity contribution is 0.0190. The van der Waals surface area contributed by atoms with Crippen LogP contribution in [0.5, 0.6) is 0 Å². The fourth-order valence-corrected chi connectivity index (χ4v) is 0.906. The molecule has 1 aliphatic heterocycles. The summed E-state index contributed by atoms with van der Waals surface area (Å²) in [5.74, 6) is 0.604. The Morgan fingerprint density at radius 1 is 1.56 bits per heavy atom. The van der Waals surface area contributed by atoms with Crippen LogP contribution in [0.25, 0.3) is 0 Å². The molecule has 0 saturated heterocycles. The number of rotatable bonds is 1. The van der Waals surface area contributed by atoms with E-state index in [1.165, 1.54) is 0 Å². The topological polar surface area (TPSA) is 9.23 Å². The average molecular weight is 126 g/mol. The molecule has 1 heterocycles. The largest absolute Gasteiger partial charge is 0.495 e. The Kier molecular flexibility index (Phi) is 1.52. The maximum Gasteiger partial charge on any atom is 0.111 e. The highest BCUT2D eigenvalue weighted by molar-refractivity contribution is 4.96. The van der Waals surface area contributed by atoms with Crippen molar-refractivity contribution in [2.75, 3.05) is 0 Å². The van der Waals surface area contributed by atoms with Gasteiger partial charge in [0.1, 0.15) is 5.60 Å². The van der Waals surface area contributed by atoms with Crippen LogP contribution in [0.3, 0.4) is 0 Å². The molecule has 0 N–H and O–H groups in total. The summed E-state index contributed by atoms with van der Waals surface area (Å²) in [5.41, 5.74) is 0.0833. The van der Waals surface area contributed by atoms with Gasteiger partial charge in [0, 0.05) is 6.42 Å². The zero-order valence-electron chi connectivity index (χ0n) is 6.35. The van der Waals surface area contributed by atoms with Crippen molar-refractivity contribution in [3.05, 3.63) is 12.3 Å². The highest BCUT2D eigenvalue weighted by atomic mass is 16.5. The molecule has 0 aliphatic carbocycles. The summed E-state index contributed by atoms with van der Waals surface area (Å²) in [4.78, 5) is 0. The molecule has 0 unspecified atom stereocenters. The first-order chi connectivity index (χ1) is 4.15. The third-order valence-electron chi connectivity index (χ3n) is 2.18. The quantitative estimate of drug-likeness (QED) is 0.524. The number of hydrogen-bond donors (Lipinski definition) is 0. The molecular formula is C8H14O. The highest BCUT2D eigenvalue weighted by Crippen LogP contribution is 2.29. The Balaban J connectivity index is 2.55. The van der Waals surface area contributed by atoms with Gasteiger partial charge in [-0.05, 0) is 18.9 Å². The van der Waals surface area contributed by atoms with Crippen molar-refractivity contribution in [2.45, 2.75) is 32.8 Å². The van der Waals surface area contributed by atoms with E-state index in [2.05, 4.69) is 26.8 Å². The minimum Gasteiger partial charge on any atom is -0.495 e. The van der Waals surface area contributed by atoms with Crippen molar-refractivity contribution < 1.29 is 4.74 Å². The molecular weight excluding hydrogens is 112 g/mol. The molecule has 0 aromatic carbocycles. The third kappa shape index (κ3) is 1.09. The van der Waals surface area contributed by atoms with Gasteiger partial charge in [0.05, 0.1) is 6.26 Å². The summed E-state index contributed by atoms with van der Waals surface area (Å²) in [6.07, 6.45) is 4.95. The summed E-state index contributed by atoms with van der Waals surface area (Å²) in [6, 6.07) is 0. The molecule has 9 heavy (non-hydrogen) atoms. The minimum absolute atomic E-state index is 0.0833. The van der Waals surface area contributed by atoms with E-state index < -0.39 is 0 Å². The molecule has 1 atom stereocenters. The second-order valence-electron chi connectivity index (χ2n) is 3.16. The lowest BCUT2D eigenvalue weighted by Gasteiger charge is -2.27. The maximum atomic E-state index is 5.42. The summed E-state index contributed by atoms with van der Waals surface area (Å²) >= 11 is 0. The summed E-state index contributed by atoms with van der Waals surface area (Å²) < 4.78 is 5.42. The molecule has 0 aromatic heterocycles. The van der Waals surface area contributed by atoms with E-state index in [1.54, 1.807) is 6.26 Å². The standard InChI is InChI=1S/C8H14O/c1-7(2)8(3)5-4-6-9-8/h4,6-7H,5H2,1-3H3/t8-/m1/s1. The normalized spacial score (nSPS) is 33.3. The van der Waals surface area contributed by atoms with Gasteiger partial charge in [-0.2, -0.15) is 0 Å². The van der Waals surface area contributed by atoms with Crippen molar-refractivity contribution in [3.8, 4) is 0 Å². The van der Waals surface area contributed by atoms with Crippen LogP contribution >= 0.6 is 0 Å². The van der Waals surface area contributed by atoms with E-state index in [9.17, 15) is 0 Å². The second-order valence-corrected chi connectivity index (χ2v) is 3.16. The van der Waals surface area contributed by atoms with Gasteiger partial charge in [0.25, 0.3) is 0 Å². The van der Waals surface area contributed by atoms with Gasteiger partial charge in [-0.3, -0.25) is 0 Å². The highest BCUT2D eigenvalue weighted by Gasteiger charge is 2.30. The molecule has 52 valence electrons. The molecule has 1 rings (SSSR count). The average Bonchev–Trinajstić information content (AvgIpc) is 2.16. The molecule has 0 spiro atoms. The van der Waals surface area contributed by atoms with E-state index in [0.717, 1.165) is 6.42 Å². The summed E-state index contributed by atoms with van der Waals surface area (Å²) in [5, 5.41) is 0. The predicted octanol–water partition coefficient (Wildman–Crippen LogP) is 2.34. The van der Waals surface area contributed by atoms with Crippen LogP contribution in [0.15, 0.2) is 12.3 Å². The van der Waals surface area contributed by atoms with Gasteiger partial charge in [-0.25, -0.2) is 0 Å². The lowest BCUT2D eigenvalue weighted by atomic mass is 9.90. The predicted molar refractivity (Wildman–Crippen MR) is 38.1 cm³/mol. The number of ether oxygens (including phenoxy) is 1. The van der Waals surface area contributed by atoms with Crippen molar-refractivity contribution in [1.29, 1.82) is 0 Å². The van der Waals surface area contributed by atoms with Gasteiger partial charge in [0.15, 0.2) is 0 Å². The summed E-state index contributed by atoms with van der Waals surface area (Å²) in [6.45, 7) is 6.53. The number of hydrogen-bond acceptors (Lipinski definition) is 1. The summed E-state index contributed by atoms with van der Waals surface area (Å²) in [7, 11) is 0. The van der Waals surface area contributed by atoms with E-state index in [4.69, 9.17) is 4.74 Å². The lowest BCUT2D eigenvalue weighted by Crippen LogP contribution is -2.29. The molecule has 1 aliphatic rings. The molecule has 0 radical (unpaired) electrons. The van der Waals surface area contributed by atoms with Crippen molar-refractivity contribution in [3.63, 3.8) is 0 Å². The monoisotopic (exact) mass is 126 g/mol. The van der Waals surface area contributed by atoms with Crippen LogP contribution in [-0.2, 0) is 4.74 Å². The van der Waals surface area contributed by atoms with Gasteiger partial charge < -0.3 is 4.74 Å². The maximum absolute atomic E-state index is 5.42.